The number of fused-ring (bicyclic) bond motifs is 1. The lowest BCUT2D eigenvalue weighted by Gasteiger charge is -2.39. The molecule has 6 nitrogen and oxygen atoms in total. The minimum Gasteiger partial charge on any atom is -0.495 e. The summed E-state index contributed by atoms with van der Waals surface area (Å²) in [5.41, 5.74) is 3.52. The number of carbonyl (C=O) groups is 1. The summed E-state index contributed by atoms with van der Waals surface area (Å²) in [6.07, 6.45) is 6.98. The van der Waals surface area contributed by atoms with Gasteiger partial charge in [0.15, 0.2) is 5.76 Å². The van der Waals surface area contributed by atoms with E-state index in [4.69, 9.17) is 9.47 Å². The molecule has 0 bridgehead atoms. The zero-order valence-electron chi connectivity index (χ0n) is 18.9. The van der Waals surface area contributed by atoms with Crippen LogP contribution in [-0.2, 0) is 9.53 Å². The van der Waals surface area contributed by atoms with Gasteiger partial charge < -0.3 is 18.9 Å². The number of amides is 1. The largest absolute Gasteiger partial charge is 0.495 e. The molecule has 2 aliphatic heterocycles. The lowest BCUT2D eigenvalue weighted by atomic mass is 10.0. The number of aryl methyl sites for hydroxylation is 1. The van der Waals surface area contributed by atoms with Gasteiger partial charge in [0.1, 0.15) is 17.7 Å². The Balaban J connectivity index is 1.46. The highest BCUT2D eigenvalue weighted by atomic mass is 19.1. The van der Waals surface area contributed by atoms with E-state index in [9.17, 15) is 9.18 Å². The van der Waals surface area contributed by atoms with Gasteiger partial charge in [0.25, 0.3) is 5.91 Å². The molecule has 0 spiro atoms. The second-order valence-electron chi connectivity index (χ2n) is 8.61. The zero-order valence-corrected chi connectivity index (χ0v) is 18.9. The van der Waals surface area contributed by atoms with Crippen molar-refractivity contribution >= 4 is 12.0 Å². The van der Waals surface area contributed by atoms with Crippen LogP contribution in [0.4, 0.5) is 4.39 Å². The van der Waals surface area contributed by atoms with Crippen LogP contribution in [0.15, 0.2) is 60.7 Å². The molecule has 5 rings (SSSR count). The first-order valence-corrected chi connectivity index (χ1v) is 11.1. The molecule has 1 aromatic heterocycles. The summed E-state index contributed by atoms with van der Waals surface area (Å²) < 4.78 is 27.0. The molecule has 3 heterocycles. The summed E-state index contributed by atoms with van der Waals surface area (Å²) in [4.78, 5) is 19.7. The highest BCUT2D eigenvalue weighted by Gasteiger charge is 2.46. The highest BCUT2D eigenvalue weighted by molar-refractivity contribution is 5.97. The fraction of sp³-hybridized carbons (Fsp3) is 0.308. The lowest BCUT2D eigenvalue weighted by Crippen LogP contribution is -2.49. The fourth-order valence-electron chi connectivity index (χ4n) is 4.86. The van der Waals surface area contributed by atoms with Gasteiger partial charge in [-0.25, -0.2) is 9.37 Å². The number of hydrogen-bond acceptors (Lipinski definition) is 4. The molecular formula is C26H26FN3O3. The third-order valence-electron chi connectivity index (χ3n) is 6.48. The maximum absolute atomic E-state index is 13.5. The summed E-state index contributed by atoms with van der Waals surface area (Å²) in [7, 11) is 1.62. The first-order chi connectivity index (χ1) is 15.9. The average Bonchev–Trinajstić information content (AvgIpc) is 3.45. The monoisotopic (exact) mass is 447 g/mol. The van der Waals surface area contributed by atoms with E-state index in [1.165, 1.54) is 12.1 Å². The molecule has 3 aromatic rings. The van der Waals surface area contributed by atoms with Crippen molar-refractivity contribution in [3.8, 4) is 11.4 Å². The van der Waals surface area contributed by atoms with Crippen molar-refractivity contribution < 1.29 is 18.7 Å². The van der Waals surface area contributed by atoms with Gasteiger partial charge in [-0.05, 0) is 68.2 Å². The molecule has 33 heavy (non-hydrogen) atoms. The maximum atomic E-state index is 13.5. The summed E-state index contributed by atoms with van der Waals surface area (Å²) >= 11 is 0. The summed E-state index contributed by atoms with van der Waals surface area (Å²) in [6.45, 7) is 3.93. The van der Waals surface area contributed by atoms with Crippen molar-refractivity contribution in [2.45, 2.75) is 44.9 Å². The van der Waals surface area contributed by atoms with Gasteiger partial charge in [-0.1, -0.05) is 18.2 Å². The number of morpholine rings is 1. The number of rotatable bonds is 4. The third kappa shape index (κ3) is 3.88. The Morgan fingerprint density at radius 1 is 1.18 bits per heavy atom. The van der Waals surface area contributed by atoms with Gasteiger partial charge in [-0.2, -0.15) is 0 Å². The van der Waals surface area contributed by atoms with Crippen molar-refractivity contribution in [3.63, 3.8) is 0 Å². The van der Waals surface area contributed by atoms with Crippen molar-refractivity contribution in [3.05, 3.63) is 83.4 Å². The van der Waals surface area contributed by atoms with Crippen LogP contribution in [0.1, 0.15) is 42.6 Å². The van der Waals surface area contributed by atoms with Gasteiger partial charge in [0.2, 0.25) is 0 Å². The molecule has 2 fully saturated rings. The molecule has 170 valence electrons. The van der Waals surface area contributed by atoms with Crippen molar-refractivity contribution in [1.29, 1.82) is 0 Å². The van der Waals surface area contributed by atoms with Crippen LogP contribution in [0.5, 0.6) is 5.75 Å². The number of benzene rings is 2. The second-order valence-corrected chi connectivity index (χ2v) is 8.61. The Bertz CT molecular complexity index is 1220. The topological polar surface area (TPSA) is 56.6 Å². The summed E-state index contributed by atoms with van der Waals surface area (Å²) in [6, 6.07) is 12.1. The predicted molar refractivity (Wildman–Crippen MR) is 122 cm³/mol. The highest BCUT2D eigenvalue weighted by Crippen LogP contribution is 2.42. The van der Waals surface area contributed by atoms with E-state index in [0.717, 1.165) is 35.3 Å². The minimum absolute atomic E-state index is 0.00564. The van der Waals surface area contributed by atoms with Gasteiger partial charge >= 0.3 is 0 Å². The van der Waals surface area contributed by atoms with E-state index in [1.807, 2.05) is 47.7 Å². The Kier molecular flexibility index (Phi) is 5.40. The predicted octanol–water partition coefficient (Wildman–Crippen LogP) is 4.82. The van der Waals surface area contributed by atoms with E-state index in [0.29, 0.717) is 11.5 Å². The quantitative estimate of drug-likeness (QED) is 0.538. The maximum Gasteiger partial charge on any atom is 0.289 e. The lowest BCUT2D eigenvalue weighted by molar-refractivity contribution is -0.144. The molecule has 0 aliphatic carbocycles. The number of methoxy groups -OCH3 is 1. The van der Waals surface area contributed by atoms with Crippen LogP contribution < -0.4 is 4.74 Å². The molecule has 0 radical (unpaired) electrons. The smallest absolute Gasteiger partial charge is 0.289 e. The Hall–Kier alpha value is -3.61. The molecule has 7 heteroatoms. The van der Waals surface area contributed by atoms with Crippen molar-refractivity contribution in [1.82, 2.24) is 14.5 Å². The fourth-order valence-corrected chi connectivity index (χ4v) is 4.86. The third-order valence-corrected chi connectivity index (χ3v) is 6.48. The molecule has 2 saturated heterocycles. The minimum atomic E-state index is -0.279. The summed E-state index contributed by atoms with van der Waals surface area (Å²) in [5, 5.41) is 0. The second kappa shape index (κ2) is 8.39. The van der Waals surface area contributed by atoms with Crippen LogP contribution >= 0.6 is 0 Å². The SMILES string of the molecule is COc1cc(C=C2O[C@@H](C)[C@H]3CC[C@@H](c4ccc(F)cc4)N3C2=O)ccc1-n1cnc(C)c1. The molecule has 2 aliphatic rings. The standard InChI is InChI=1S/C26H26FN3O3/c1-16-14-29(15-28-16)23-9-4-18(12-24(23)32-3)13-25-26(31)30-21(17(2)33-25)10-11-22(30)19-5-7-20(27)8-6-19/h4-9,12-15,17,21-22H,10-11H2,1-3H3/t17-,21+,22-/m0/s1. The Morgan fingerprint density at radius 2 is 1.97 bits per heavy atom. The molecule has 3 atom stereocenters. The van der Waals surface area contributed by atoms with E-state index in [1.54, 1.807) is 31.6 Å². The molecule has 0 unspecified atom stereocenters. The van der Waals surface area contributed by atoms with Crippen molar-refractivity contribution in [2.24, 2.45) is 0 Å². The number of imidazole rings is 1. The van der Waals surface area contributed by atoms with Crippen LogP contribution in [0.2, 0.25) is 0 Å². The normalized spacial score (nSPS) is 23.5. The molecule has 0 N–H and O–H groups in total. The molecule has 0 saturated carbocycles. The van der Waals surface area contributed by atoms with E-state index in [2.05, 4.69) is 4.98 Å². The molecule has 1 amide bonds. The number of nitrogens with zero attached hydrogens (tertiary/aromatic N) is 3. The number of aromatic nitrogens is 2. The first-order valence-electron chi connectivity index (χ1n) is 11.1. The first kappa shape index (κ1) is 21.2. The van der Waals surface area contributed by atoms with Crippen LogP contribution in [0.3, 0.4) is 0 Å². The Labute approximate surface area is 192 Å². The van der Waals surface area contributed by atoms with E-state index < -0.39 is 0 Å². The number of hydrogen-bond donors (Lipinski definition) is 0. The zero-order chi connectivity index (χ0) is 23.1. The van der Waals surface area contributed by atoms with Crippen LogP contribution in [-0.4, -0.2) is 39.6 Å². The van der Waals surface area contributed by atoms with E-state index >= 15 is 0 Å². The van der Waals surface area contributed by atoms with Crippen LogP contribution in [0, 0.1) is 12.7 Å². The average molecular weight is 448 g/mol. The van der Waals surface area contributed by atoms with E-state index in [-0.39, 0.29) is 29.9 Å². The molecular weight excluding hydrogens is 421 g/mol. The van der Waals surface area contributed by atoms with Crippen molar-refractivity contribution in [2.75, 3.05) is 7.11 Å². The number of ether oxygens (including phenoxy) is 2. The van der Waals surface area contributed by atoms with Gasteiger partial charge in [0.05, 0.1) is 36.9 Å². The number of halogens is 1. The number of carbonyl (C=O) groups excluding carboxylic acids is 1. The van der Waals surface area contributed by atoms with Gasteiger partial charge in [-0.15, -0.1) is 0 Å². The Morgan fingerprint density at radius 3 is 2.67 bits per heavy atom. The summed E-state index contributed by atoms with van der Waals surface area (Å²) in [5.74, 6) is 0.555. The van der Waals surface area contributed by atoms with Gasteiger partial charge in [-0.3, -0.25) is 4.79 Å². The molecule has 2 aromatic carbocycles. The van der Waals surface area contributed by atoms with Crippen LogP contribution in [0.25, 0.3) is 11.8 Å². The van der Waals surface area contributed by atoms with Gasteiger partial charge in [0, 0.05) is 6.20 Å².